The molecule has 0 fully saturated rings. The first-order valence-corrected chi connectivity index (χ1v) is 14.9. The van der Waals surface area contributed by atoms with Gasteiger partial charge in [0.1, 0.15) is 5.82 Å². The molecule has 0 aliphatic heterocycles. The first-order valence-electron chi connectivity index (χ1n) is 14.0. The van der Waals surface area contributed by atoms with Gasteiger partial charge in [0.2, 0.25) is 0 Å². The number of imidazole rings is 1. The van der Waals surface area contributed by atoms with Gasteiger partial charge in [-0.1, -0.05) is 97.8 Å². The number of hydrogen-bond donors (Lipinski definition) is 0. The number of benzene rings is 5. The summed E-state index contributed by atoms with van der Waals surface area (Å²) >= 11 is 1.72. The maximum atomic E-state index is 6.04. The van der Waals surface area contributed by atoms with Gasteiger partial charge in [-0.2, -0.15) is 0 Å². The second-order valence-corrected chi connectivity index (χ2v) is 11.5. The summed E-state index contributed by atoms with van der Waals surface area (Å²) < 4.78 is 3.52. The van der Waals surface area contributed by atoms with Crippen LogP contribution in [0.1, 0.15) is 40.6 Å². The molecule has 0 N–H and O–H groups in total. The Morgan fingerprint density at radius 3 is 2.32 bits per heavy atom. The molecule has 0 radical (unpaired) electrons. The molecule has 0 bridgehead atoms. The van der Waals surface area contributed by atoms with E-state index in [0.29, 0.717) is 0 Å². The van der Waals surface area contributed by atoms with Crippen molar-refractivity contribution >= 4 is 32.5 Å². The minimum Gasteiger partial charge on any atom is -0.296 e. The van der Waals surface area contributed by atoms with Crippen LogP contribution in [-0.2, 0) is 11.8 Å². The van der Waals surface area contributed by atoms with Gasteiger partial charge in [-0.15, -0.1) is 17.8 Å². The predicted molar refractivity (Wildman–Crippen MR) is 171 cm³/mol. The number of terminal acetylenes is 1. The molecule has 1 aliphatic carbocycles. The lowest BCUT2D eigenvalue weighted by Crippen LogP contribution is -2.28. The summed E-state index contributed by atoms with van der Waals surface area (Å²) in [5.74, 6) is 4.03. The number of aromatic nitrogens is 2. The van der Waals surface area contributed by atoms with Crippen LogP contribution in [0.25, 0.3) is 37.9 Å². The van der Waals surface area contributed by atoms with Gasteiger partial charge in [0.05, 0.1) is 16.4 Å². The summed E-state index contributed by atoms with van der Waals surface area (Å²) in [5.41, 5.74) is 11.3. The number of nitrogens with zero attached hydrogens (tertiary/aromatic N) is 2. The van der Waals surface area contributed by atoms with Crippen molar-refractivity contribution in [3.05, 3.63) is 154 Å². The van der Waals surface area contributed by atoms with Gasteiger partial charge < -0.3 is 0 Å². The van der Waals surface area contributed by atoms with Crippen LogP contribution in [0.2, 0.25) is 0 Å². The number of aryl methyl sites for hydroxylation is 1. The SMILES string of the molecule is C#Cc1csc2ccc3c(c12)-c1ccccc1C3(c1ccccc1)c1ccc(-n2c(CC)nc3ccccc32)cc1. The van der Waals surface area contributed by atoms with Crippen LogP contribution in [0.15, 0.2) is 121 Å². The van der Waals surface area contributed by atoms with E-state index in [1.54, 1.807) is 11.3 Å². The van der Waals surface area contributed by atoms with E-state index in [4.69, 9.17) is 11.4 Å². The summed E-state index contributed by atoms with van der Waals surface area (Å²) in [4.78, 5) is 4.92. The van der Waals surface area contributed by atoms with Crippen LogP contribution in [0.3, 0.4) is 0 Å². The van der Waals surface area contributed by atoms with Crippen LogP contribution in [0.4, 0.5) is 0 Å². The Morgan fingerprint density at radius 1 is 0.780 bits per heavy atom. The van der Waals surface area contributed by atoms with E-state index in [2.05, 4.69) is 138 Å². The smallest absolute Gasteiger partial charge is 0.114 e. The molecular weight excluding hydrogens is 516 g/mol. The fraction of sp³-hybridized carbons (Fsp3) is 0.0789. The van der Waals surface area contributed by atoms with Gasteiger partial charge in [0, 0.05) is 33.1 Å². The van der Waals surface area contributed by atoms with Crippen molar-refractivity contribution in [2.45, 2.75) is 18.8 Å². The van der Waals surface area contributed by atoms with E-state index in [9.17, 15) is 0 Å². The first-order chi connectivity index (χ1) is 20.3. The standard InChI is InChI=1S/C38H26N2S/c1-3-25-24-41-34-23-22-31-37(36(25)34)29-14-8-9-15-30(29)38(31,26-12-6-5-7-13-26)27-18-20-28(21-19-27)40-33-17-11-10-16-32(33)39-35(40)4-2/h1,5-24H,4H2,2H3. The van der Waals surface area contributed by atoms with Crippen LogP contribution in [0.5, 0.6) is 0 Å². The summed E-state index contributed by atoms with van der Waals surface area (Å²) in [6.07, 6.45) is 6.90. The van der Waals surface area contributed by atoms with Crippen molar-refractivity contribution in [2.75, 3.05) is 0 Å². The minimum atomic E-state index is -0.474. The van der Waals surface area contributed by atoms with E-state index >= 15 is 0 Å². The molecule has 8 rings (SSSR count). The predicted octanol–water partition coefficient (Wildman–Crippen LogP) is 9.15. The van der Waals surface area contributed by atoms with Gasteiger partial charge in [-0.05, 0) is 63.7 Å². The number of para-hydroxylation sites is 2. The van der Waals surface area contributed by atoms with E-state index < -0.39 is 5.41 Å². The molecule has 0 spiro atoms. The van der Waals surface area contributed by atoms with E-state index in [0.717, 1.165) is 34.5 Å². The molecule has 194 valence electrons. The Balaban J connectivity index is 1.44. The lowest BCUT2D eigenvalue weighted by molar-refractivity contribution is 0.768. The average Bonchev–Trinajstić information content (AvgIpc) is 3.72. The number of hydrogen-bond acceptors (Lipinski definition) is 2. The monoisotopic (exact) mass is 542 g/mol. The third-order valence-corrected chi connectivity index (χ3v) is 9.56. The van der Waals surface area contributed by atoms with E-state index in [-0.39, 0.29) is 0 Å². The maximum absolute atomic E-state index is 6.04. The third kappa shape index (κ3) is 3.23. The van der Waals surface area contributed by atoms with Gasteiger partial charge in [0.15, 0.2) is 0 Å². The minimum absolute atomic E-state index is 0.474. The van der Waals surface area contributed by atoms with Crippen molar-refractivity contribution in [3.8, 4) is 29.2 Å². The summed E-state index contributed by atoms with van der Waals surface area (Å²) in [7, 11) is 0. The molecule has 2 heterocycles. The molecule has 2 aromatic heterocycles. The normalized spacial score (nSPS) is 15.6. The van der Waals surface area contributed by atoms with Crippen LogP contribution in [-0.4, -0.2) is 9.55 Å². The third-order valence-electron chi connectivity index (χ3n) is 8.61. The fourth-order valence-electron chi connectivity index (χ4n) is 6.94. The molecule has 1 atom stereocenters. The lowest BCUT2D eigenvalue weighted by Gasteiger charge is -2.34. The quantitative estimate of drug-likeness (QED) is 0.203. The molecule has 0 saturated carbocycles. The van der Waals surface area contributed by atoms with Gasteiger partial charge >= 0.3 is 0 Å². The Morgan fingerprint density at radius 2 is 1.51 bits per heavy atom. The van der Waals surface area contributed by atoms with Crippen molar-refractivity contribution in [3.63, 3.8) is 0 Å². The second kappa shape index (κ2) is 9.06. The van der Waals surface area contributed by atoms with E-state index in [1.807, 2.05) is 0 Å². The molecule has 1 unspecified atom stereocenters. The Bertz CT molecular complexity index is 2140. The van der Waals surface area contributed by atoms with Gasteiger partial charge in [-0.25, -0.2) is 4.98 Å². The summed E-state index contributed by atoms with van der Waals surface area (Å²) in [5, 5.41) is 3.31. The highest BCUT2D eigenvalue weighted by Crippen LogP contribution is 2.58. The topological polar surface area (TPSA) is 17.8 Å². The first kappa shape index (κ1) is 23.9. The molecule has 0 amide bonds. The molecule has 2 nitrogen and oxygen atoms in total. The summed E-state index contributed by atoms with van der Waals surface area (Å²) in [6.45, 7) is 2.17. The molecule has 7 aromatic rings. The highest BCUT2D eigenvalue weighted by atomic mass is 32.1. The van der Waals surface area contributed by atoms with Crippen LogP contribution in [0, 0.1) is 12.3 Å². The molecule has 5 aromatic carbocycles. The molecule has 0 saturated heterocycles. The number of fused-ring (bicyclic) bond motifs is 6. The molecule has 3 heteroatoms. The highest BCUT2D eigenvalue weighted by molar-refractivity contribution is 7.17. The fourth-order valence-corrected chi connectivity index (χ4v) is 7.85. The van der Waals surface area contributed by atoms with Crippen molar-refractivity contribution in [1.82, 2.24) is 9.55 Å². The van der Waals surface area contributed by atoms with Crippen molar-refractivity contribution in [2.24, 2.45) is 0 Å². The zero-order valence-electron chi connectivity index (χ0n) is 22.6. The van der Waals surface area contributed by atoms with Crippen LogP contribution < -0.4 is 0 Å². The maximum Gasteiger partial charge on any atom is 0.114 e. The number of thiophene rings is 1. The highest BCUT2D eigenvalue weighted by Gasteiger charge is 2.46. The molecule has 1 aliphatic rings. The van der Waals surface area contributed by atoms with Gasteiger partial charge in [-0.3, -0.25) is 4.57 Å². The zero-order valence-corrected chi connectivity index (χ0v) is 23.5. The van der Waals surface area contributed by atoms with Crippen molar-refractivity contribution < 1.29 is 0 Å². The second-order valence-electron chi connectivity index (χ2n) is 10.6. The zero-order chi connectivity index (χ0) is 27.6. The summed E-state index contributed by atoms with van der Waals surface area (Å²) in [6, 6.07) is 41.9. The Hall–Kier alpha value is -4.91. The number of rotatable bonds is 4. The lowest BCUT2D eigenvalue weighted by atomic mass is 9.67. The molecular formula is C38H26N2S. The molecule has 41 heavy (non-hydrogen) atoms. The van der Waals surface area contributed by atoms with Crippen LogP contribution >= 0.6 is 11.3 Å². The Labute approximate surface area is 243 Å². The van der Waals surface area contributed by atoms with E-state index in [1.165, 1.54) is 43.5 Å². The Kier molecular flexibility index (Phi) is 5.29. The average molecular weight is 543 g/mol. The van der Waals surface area contributed by atoms with Gasteiger partial charge in [0.25, 0.3) is 0 Å². The van der Waals surface area contributed by atoms with Crippen molar-refractivity contribution in [1.29, 1.82) is 0 Å². The largest absolute Gasteiger partial charge is 0.296 e.